The molecule has 3 rings (SSSR count). The third-order valence-electron chi connectivity index (χ3n) is 3.60. The van der Waals surface area contributed by atoms with Crippen LogP contribution in [0.25, 0.3) is 0 Å². The number of carbonyl (C=O) groups excluding carboxylic acids is 1. The van der Waals surface area contributed by atoms with Gasteiger partial charge < -0.3 is 10.6 Å². The number of amides is 1. The van der Waals surface area contributed by atoms with Gasteiger partial charge in [-0.15, -0.1) is 4.40 Å². The van der Waals surface area contributed by atoms with Crippen molar-refractivity contribution < 1.29 is 13.2 Å². The van der Waals surface area contributed by atoms with Crippen molar-refractivity contribution in [2.45, 2.75) is 18.2 Å². The van der Waals surface area contributed by atoms with Crippen molar-refractivity contribution in [2.75, 3.05) is 16.4 Å². The zero-order valence-electron chi connectivity index (χ0n) is 13.5. The van der Waals surface area contributed by atoms with Gasteiger partial charge >= 0.3 is 0 Å². The number of nitrogens with zero attached hydrogens (tertiary/aromatic N) is 1. The van der Waals surface area contributed by atoms with Crippen LogP contribution < -0.4 is 10.6 Å². The monoisotopic (exact) mass is 375 g/mol. The molecule has 2 N–H and O–H groups in total. The van der Waals surface area contributed by atoms with E-state index in [1.807, 2.05) is 24.3 Å². The van der Waals surface area contributed by atoms with Gasteiger partial charge in [0.15, 0.2) is 5.17 Å². The molecule has 0 spiro atoms. The number of aryl methyl sites for hydroxylation is 1. The van der Waals surface area contributed by atoms with Crippen molar-refractivity contribution >= 4 is 44.2 Å². The third-order valence-corrected chi connectivity index (χ3v) is 5.92. The van der Waals surface area contributed by atoms with E-state index >= 15 is 0 Å². The molecular weight excluding hydrogens is 358 g/mol. The van der Waals surface area contributed by atoms with Crippen LogP contribution in [0.2, 0.25) is 0 Å². The smallest absolute Gasteiger partial charge is 0.286 e. The minimum absolute atomic E-state index is 0.0546. The molecule has 6 nitrogen and oxygen atoms in total. The lowest BCUT2D eigenvalue weighted by molar-refractivity contribution is -0.113. The largest absolute Gasteiger partial charge is 0.333 e. The first-order chi connectivity index (χ1) is 12.0. The Labute approximate surface area is 150 Å². The molecule has 0 aromatic heterocycles. The number of sulfonamides is 1. The van der Waals surface area contributed by atoms with Crippen LogP contribution in [-0.2, 0) is 21.2 Å². The molecule has 8 heteroatoms. The summed E-state index contributed by atoms with van der Waals surface area (Å²) in [5.41, 5.74) is 2.37. The number of carbonyl (C=O) groups is 1. The zero-order chi connectivity index (χ0) is 17.9. The predicted octanol–water partition coefficient (Wildman–Crippen LogP) is 3.09. The van der Waals surface area contributed by atoms with Crippen molar-refractivity contribution in [3.05, 3.63) is 54.1 Å². The van der Waals surface area contributed by atoms with Gasteiger partial charge in [0.05, 0.1) is 11.4 Å². The maximum absolute atomic E-state index is 12.1. The average Bonchev–Trinajstić information content (AvgIpc) is 2.60. The van der Waals surface area contributed by atoms with Crippen LogP contribution in [0, 0.1) is 0 Å². The number of hydrogen-bond donors (Lipinski definition) is 2. The highest BCUT2D eigenvalue weighted by atomic mass is 32.2. The van der Waals surface area contributed by atoms with E-state index in [0.29, 0.717) is 11.4 Å². The van der Waals surface area contributed by atoms with E-state index in [9.17, 15) is 13.2 Å². The lowest BCUT2D eigenvalue weighted by atomic mass is 10.1. The van der Waals surface area contributed by atoms with Gasteiger partial charge in [0, 0.05) is 5.69 Å². The van der Waals surface area contributed by atoms with Gasteiger partial charge in [-0.1, -0.05) is 43.0 Å². The summed E-state index contributed by atoms with van der Waals surface area (Å²) in [5.74, 6) is -0.172. The lowest BCUT2D eigenvalue weighted by Gasteiger charge is -2.17. The second-order valence-electron chi connectivity index (χ2n) is 5.38. The van der Waals surface area contributed by atoms with Gasteiger partial charge in [-0.2, -0.15) is 8.42 Å². The molecule has 0 unspecified atom stereocenters. The molecule has 0 aliphatic carbocycles. The predicted molar refractivity (Wildman–Crippen MR) is 102 cm³/mol. The van der Waals surface area contributed by atoms with Crippen molar-refractivity contribution in [2.24, 2.45) is 4.40 Å². The topological polar surface area (TPSA) is 87.6 Å². The highest BCUT2D eigenvalue weighted by Crippen LogP contribution is 2.28. The Hall–Kier alpha value is -2.32. The number of para-hydroxylation sites is 1. The van der Waals surface area contributed by atoms with Crippen LogP contribution in [-0.4, -0.2) is 25.2 Å². The fourth-order valence-corrected chi connectivity index (χ4v) is 4.35. The molecule has 1 aliphatic rings. The molecule has 0 fully saturated rings. The molecule has 0 saturated carbocycles. The van der Waals surface area contributed by atoms with Crippen molar-refractivity contribution in [3.8, 4) is 0 Å². The zero-order valence-corrected chi connectivity index (χ0v) is 15.2. The highest BCUT2D eigenvalue weighted by Gasteiger charge is 2.24. The number of thioether (sulfide) groups is 1. The van der Waals surface area contributed by atoms with Crippen molar-refractivity contribution in [1.29, 1.82) is 0 Å². The number of anilines is 2. The standard InChI is InChI=1S/C17H17N3O3S2/c1-2-12-7-9-13(10-8-12)18-16(21)11-24-17-19-14-5-3-4-6-15(14)25(22,23)20-17/h3-10H,2,11H2,1H3,(H,18,21)(H,19,20). The van der Waals surface area contributed by atoms with E-state index in [4.69, 9.17) is 0 Å². The van der Waals surface area contributed by atoms with E-state index in [1.165, 1.54) is 11.6 Å². The number of fused-ring (bicyclic) bond motifs is 1. The number of benzene rings is 2. The Balaban J connectivity index is 1.62. The van der Waals surface area contributed by atoms with Gasteiger partial charge in [-0.3, -0.25) is 4.79 Å². The molecule has 0 radical (unpaired) electrons. The van der Waals surface area contributed by atoms with Gasteiger partial charge in [0.25, 0.3) is 10.0 Å². The molecule has 2 aromatic rings. The molecule has 1 heterocycles. The van der Waals surface area contributed by atoms with E-state index < -0.39 is 10.0 Å². The summed E-state index contributed by atoms with van der Waals surface area (Å²) in [7, 11) is -3.73. The minimum atomic E-state index is -3.73. The summed E-state index contributed by atoms with van der Waals surface area (Å²) in [5, 5.41) is 5.91. The molecule has 1 aliphatic heterocycles. The molecule has 130 valence electrons. The average molecular weight is 375 g/mol. The maximum Gasteiger partial charge on any atom is 0.286 e. The summed E-state index contributed by atoms with van der Waals surface area (Å²) in [6.45, 7) is 2.06. The van der Waals surface area contributed by atoms with E-state index in [-0.39, 0.29) is 21.7 Å². The first-order valence-electron chi connectivity index (χ1n) is 7.70. The van der Waals surface area contributed by atoms with E-state index in [0.717, 1.165) is 18.2 Å². The fraction of sp³-hybridized carbons (Fsp3) is 0.176. The SMILES string of the molecule is CCc1ccc(NC(=O)CSC2=NS(=O)(=O)c3ccccc3N2)cc1. The summed E-state index contributed by atoms with van der Waals surface area (Å²) >= 11 is 1.05. The van der Waals surface area contributed by atoms with Crippen LogP contribution in [0.1, 0.15) is 12.5 Å². The Morgan fingerprint density at radius 1 is 1.16 bits per heavy atom. The molecule has 1 amide bonds. The number of amidine groups is 1. The van der Waals surface area contributed by atoms with Crippen LogP contribution >= 0.6 is 11.8 Å². The maximum atomic E-state index is 12.1. The molecule has 25 heavy (non-hydrogen) atoms. The normalized spacial score (nSPS) is 14.8. The first kappa shape index (κ1) is 17.5. The van der Waals surface area contributed by atoms with E-state index in [1.54, 1.807) is 18.2 Å². The second kappa shape index (κ2) is 7.28. The summed E-state index contributed by atoms with van der Waals surface area (Å²) in [6.07, 6.45) is 0.936. The van der Waals surface area contributed by atoms with Gasteiger partial charge in [-0.05, 0) is 36.2 Å². The van der Waals surface area contributed by atoms with Crippen molar-refractivity contribution in [1.82, 2.24) is 0 Å². The highest BCUT2D eigenvalue weighted by molar-refractivity contribution is 8.15. The first-order valence-corrected chi connectivity index (χ1v) is 10.1. The Kier molecular flexibility index (Phi) is 5.10. The van der Waals surface area contributed by atoms with Crippen LogP contribution in [0.15, 0.2) is 57.8 Å². The fourth-order valence-electron chi connectivity index (χ4n) is 2.31. The molecule has 0 saturated heterocycles. The molecule has 0 atom stereocenters. The van der Waals surface area contributed by atoms with E-state index in [2.05, 4.69) is 22.0 Å². The third kappa shape index (κ3) is 4.21. The van der Waals surface area contributed by atoms with Gasteiger partial charge in [0.2, 0.25) is 5.91 Å². The van der Waals surface area contributed by atoms with Crippen LogP contribution in [0.3, 0.4) is 0 Å². The number of hydrogen-bond acceptors (Lipinski definition) is 5. The van der Waals surface area contributed by atoms with Gasteiger partial charge in [0.1, 0.15) is 4.90 Å². The number of nitrogens with one attached hydrogen (secondary N) is 2. The Morgan fingerprint density at radius 3 is 2.60 bits per heavy atom. The van der Waals surface area contributed by atoms with Crippen LogP contribution in [0.4, 0.5) is 11.4 Å². The lowest BCUT2D eigenvalue weighted by Crippen LogP contribution is -2.22. The quantitative estimate of drug-likeness (QED) is 0.857. The summed E-state index contributed by atoms with van der Waals surface area (Å²) < 4.78 is 28.0. The van der Waals surface area contributed by atoms with Crippen molar-refractivity contribution in [3.63, 3.8) is 0 Å². The van der Waals surface area contributed by atoms with Crippen LogP contribution in [0.5, 0.6) is 0 Å². The van der Waals surface area contributed by atoms with Gasteiger partial charge in [-0.25, -0.2) is 0 Å². The summed E-state index contributed by atoms with van der Waals surface area (Å²) in [6, 6.07) is 14.1. The summed E-state index contributed by atoms with van der Waals surface area (Å²) in [4.78, 5) is 12.2. The minimum Gasteiger partial charge on any atom is -0.333 e. The Morgan fingerprint density at radius 2 is 1.88 bits per heavy atom. The Bertz CT molecular complexity index is 922. The molecule has 0 bridgehead atoms. The molecule has 2 aromatic carbocycles. The number of rotatable bonds is 4. The molecular formula is C17H17N3O3S2. The second-order valence-corrected chi connectivity index (χ2v) is 7.92.